The van der Waals surface area contributed by atoms with Gasteiger partial charge in [0.25, 0.3) is 0 Å². The van der Waals surface area contributed by atoms with Crippen LogP contribution < -0.4 is 0 Å². The number of rotatable bonds is 1. The van der Waals surface area contributed by atoms with Crippen LogP contribution >= 0.6 is 0 Å². The molecule has 2 nitrogen and oxygen atoms in total. The average molecular weight is 228 g/mol. The van der Waals surface area contributed by atoms with Gasteiger partial charge in [-0.2, -0.15) is 0 Å². The van der Waals surface area contributed by atoms with Gasteiger partial charge in [-0.15, -0.1) is 0 Å². The summed E-state index contributed by atoms with van der Waals surface area (Å²) in [6.07, 6.45) is 9.74. The minimum absolute atomic E-state index is 0.761. The highest BCUT2D eigenvalue weighted by atomic mass is 15.2. The van der Waals surface area contributed by atoms with E-state index < -0.39 is 0 Å². The number of nitrogens with zero attached hydrogens (tertiary/aromatic N) is 2. The van der Waals surface area contributed by atoms with Crippen molar-refractivity contribution < 1.29 is 0 Å². The Morgan fingerprint density at radius 3 is 2.76 bits per heavy atom. The summed E-state index contributed by atoms with van der Waals surface area (Å²) in [7, 11) is 0. The van der Waals surface area contributed by atoms with E-state index in [-0.39, 0.29) is 0 Å². The highest BCUT2D eigenvalue weighted by Gasteiger charge is 2.49. The lowest BCUT2D eigenvalue weighted by Crippen LogP contribution is -2.54. The summed E-state index contributed by atoms with van der Waals surface area (Å²) >= 11 is 0. The van der Waals surface area contributed by atoms with Crippen LogP contribution in [0.15, 0.2) is 24.5 Å². The molecule has 0 aromatic carbocycles. The smallest absolute Gasteiger partial charge is 0.0303 e. The van der Waals surface area contributed by atoms with Crippen LogP contribution in [0.4, 0.5) is 0 Å². The van der Waals surface area contributed by atoms with Crippen molar-refractivity contribution in [3.63, 3.8) is 0 Å². The fourth-order valence-electron chi connectivity index (χ4n) is 4.66. The second-order valence-electron chi connectivity index (χ2n) is 6.00. The maximum Gasteiger partial charge on any atom is 0.0303 e. The summed E-state index contributed by atoms with van der Waals surface area (Å²) in [5.74, 6) is 2.78. The molecule has 1 aromatic rings. The second kappa shape index (κ2) is 3.81. The summed E-state index contributed by atoms with van der Waals surface area (Å²) in [5.41, 5.74) is 1.48. The first-order valence-corrected chi connectivity index (χ1v) is 7.07. The topological polar surface area (TPSA) is 16.1 Å². The van der Waals surface area contributed by atoms with E-state index >= 15 is 0 Å². The standard InChI is InChI=1S/C15H20N2/c1-2-12(10-16-7-1)14-4-3-13-11-5-8-17(9-6-11)15(13)14/h1-2,7,10-11,13-15H,3-6,8-9H2. The first kappa shape index (κ1) is 10.1. The van der Waals surface area contributed by atoms with Crippen LogP contribution in [0.5, 0.6) is 0 Å². The molecular weight excluding hydrogens is 208 g/mol. The molecule has 4 heterocycles. The molecule has 2 bridgehead atoms. The van der Waals surface area contributed by atoms with E-state index in [0.29, 0.717) is 0 Å². The van der Waals surface area contributed by atoms with Gasteiger partial charge in [0.15, 0.2) is 0 Å². The van der Waals surface area contributed by atoms with Crippen LogP contribution in [0.2, 0.25) is 0 Å². The SMILES string of the molecule is c1cncc(C2CCC3C4CCN(CC4)C23)c1. The molecule has 4 fully saturated rings. The number of hydrogen-bond acceptors (Lipinski definition) is 2. The van der Waals surface area contributed by atoms with E-state index in [0.717, 1.165) is 23.8 Å². The predicted octanol–water partition coefficient (Wildman–Crippen LogP) is 2.67. The molecular formula is C15H20N2. The Bertz CT molecular complexity index is 395. The highest BCUT2D eigenvalue weighted by molar-refractivity contribution is 5.21. The first-order valence-electron chi connectivity index (χ1n) is 7.07. The molecule has 5 rings (SSSR count). The van der Waals surface area contributed by atoms with Crippen molar-refractivity contribution in [1.82, 2.24) is 9.88 Å². The minimum atomic E-state index is 0.761. The lowest BCUT2D eigenvalue weighted by atomic mass is 9.73. The molecule has 3 unspecified atom stereocenters. The summed E-state index contributed by atoms with van der Waals surface area (Å²) < 4.78 is 0. The fraction of sp³-hybridized carbons (Fsp3) is 0.667. The van der Waals surface area contributed by atoms with E-state index in [1.807, 2.05) is 6.20 Å². The van der Waals surface area contributed by atoms with Gasteiger partial charge in [-0.05, 0) is 62.2 Å². The van der Waals surface area contributed by atoms with Crippen molar-refractivity contribution in [2.45, 2.75) is 37.6 Å². The third-order valence-corrected chi connectivity index (χ3v) is 5.38. The molecule has 0 amide bonds. The Morgan fingerprint density at radius 2 is 2.00 bits per heavy atom. The zero-order chi connectivity index (χ0) is 11.2. The first-order chi connectivity index (χ1) is 8.43. The zero-order valence-corrected chi connectivity index (χ0v) is 10.3. The molecule has 2 heteroatoms. The van der Waals surface area contributed by atoms with Crippen molar-refractivity contribution in [3.8, 4) is 0 Å². The number of aromatic nitrogens is 1. The van der Waals surface area contributed by atoms with Crippen LogP contribution in [-0.2, 0) is 0 Å². The molecule has 1 aliphatic carbocycles. The Labute approximate surface area is 103 Å². The van der Waals surface area contributed by atoms with Gasteiger partial charge in [0.05, 0.1) is 0 Å². The minimum Gasteiger partial charge on any atom is -0.299 e. The Hall–Kier alpha value is -0.890. The quantitative estimate of drug-likeness (QED) is 0.734. The van der Waals surface area contributed by atoms with Gasteiger partial charge in [-0.1, -0.05) is 6.07 Å². The molecule has 0 radical (unpaired) electrons. The molecule has 90 valence electrons. The van der Waals surface area contributed by atoms with Crippen molar-refractivity contribution in [3.05, 3.63) is 30.1 Å². The third-order valence-electron chi connectivity index (χ3n) is 5.38. The van der Waals surface area contributed by atoms with Crippen molar-refractivity contribution >= 4 is 0 Å². The number of piperidine rings is 3. The number of pyridine rings is 1. The van der Waals surface area contributed by atoms with Crippen LogP contribution in [-0.4, -0.2) is 29.0 Å². The van der Waals surface area contributed by atoms with Gasteiger partial charge >= 0.3 is 0 Å². The Kier molecular flexibility index (Phi) is 2.26. The predicted molar refractivity (Wildman–Crippen MR) is 67.8 cm³/mol. The maximum absolute atomic E-state index is 4.31. The summed E-state index contributed by atoms with van der Waals surface area (Å²) in [6, 6.07) is 5.22. The van der Waals surface area contributed by atoms with E-state index in [1.165, 1.54) is 44.3 Å². The summed E-state index contributed by atoms with van der Waals surface area (Å²) in [5, 5.41) is 0. The summed E-state index contributed by atoms with van der Waals surface area (Å²) in [4.78, 5) is 7.08. The van der Waals surface area contributed by atoms with Gasteiger partial charge in [-0.3, -0.25) is 9.88 Å². The van der Waals surface area contributed by atoms with E-state index in [2.05, 4.69) is 28.2 Å². The fourth-order valence-corrected chi connectivity index (χ4v) is 4.66. The third kappa shape index (κ3) is 1.46. The molecule has 4 aliphatic rings. The molecule has 3 atom stereocenters. The monoisotopic (exact) mass is 228 g/mol. The van der Waals surface area contributed by atoms with Gasteiger partial charge < -0.3 is 0 Å². The lowest BCUT2D eigenvalue weighted by Gasteiger charge is -2.50. The molecule has 3 aliphatic heterocycles. The maximum atomic E-state index is 4.31. The Balaban J connectivity index is 1.67. The molecule has 1 aromatic heterocycles. The van der Waals surface area contributed by atoms with Crippen LogP contribution in [0.3, 0.4) is 0 Å². The normalized spacial score (nSPS) is 43.6. The van der Waals surface area contributed by atoms with E-state index in [1.54, 1.807) is 0 Å². The van der Waals surface area contributed by atoms with E-state index in [9.17, 15) is 0 Å². The number of fused-ring (bicyclic) bond motifs is 2. The van der Waals surface area contributed by atoms with Gasteiger partial charge in [0.2, 0.25) is 0 Å². The highest BCUT2D eigenvalue weighted by Crippen LogP contribution is 2.51. The zero-order valence-electron chi connectivity index (χ0n) is 10.3. The Morgan fingerprint density at radius 1 is 1.12 bits per heavy atom. The lowest BCUT2D eigenvalue weighted by molar-refractivity contribution is 0.00129. The van der Waals surface area contributed by atoms with E-state index in [4.69, 9.17) is 0 Å². The number of hydrogen-bond donors (Lipinski definition) is 0. The molecule has 17 heavy (non-hydrogen) atoms. The van der Waals surface area contributed by atoms with Gasteiger partial charge in [0.1, 0.15) is 0 Å². The molecule has 3 saturated heterocycles. The molecule has 1 saturated carbocycles. The van der Waals surface area contributed by atoms with Crippen LogP contribution in [0.1, 0.15) is 37.2 Å². The summed E-state index contributed by atoms with van der Waals surface area (Å²) in [6.45, 7) is 2.70. The van der Waals surface area contributed by atoms with Crippen molar-refractivity contribution in [1.29, 1.82) is 0 Å². The van der Waals surface area contributed by atoms with Crippen LogP contribution in [0, 0.1) is 11.8 Å². The van der Waals surface area contributed by atoms with Gasteiger partial charge in [0, 0.05) is 24.4 Å². The van der Waals surface area contributed by atoms with Gasteiger partial charge in [-0.25, -0.2) is 0 Å². The van der Waals surface area contributed by atoms with Crippen molar-refractivity contribution in [2.24, 2.45) is 11.8 Å². The second-order valence-corrected chi connectivity index (χ2v) is 6.00. The van der Waals surface area contributed by atoms with Crippen LogP contribution in [0.25, 0.3) is 0 Å². The van der Waals surface area contributed by atoms with Crippen molar-refractivity contribution in [2.75, 3.05) is 13.1 Å². The molecule has 0 N–H and O–H groups in total. The average Bonchev–Trinajstić information content (AvgIpc) is 2.88. The largest absolute Gasteiger partial charge is 0.299 e. The molecule has 0 spiro atoms.